The van der Waals surface area contributed by atoms with E-state index in [0.29, 0.717) is 39.0 Å². The summed E-state index contributed by atoms with van der Waals surface area (Å²) in [6.45, 7) is 3.51. The summed E-state index contributed by atoms with van der Waals surface area (Å²) >= 11 is 16.0. The van der Waals surface area contributed by atoms with Gasteiger partial charge in [-0.05, 0) is 35.4 Å². The van der Waals surface area contributed by atoms with E-state index in [2.05, 4.69) is 84.4 Å². The monoisotopic (exact) mass is 863 g/mol. The molecule has 2 unspecified atom stereocenters. The number of benzene rings is 2. The third kappa shape index (κ3) is 9.49. The van der Waals surface area contributed by atoms with Crippen molar-refractivity contribution in [2.45, 2.75) is 12.1 Å². The molecule has 8 rings (SSSR count). The number of anilines is 7. The number of hydrogen-bond acceptors (Lipinski definition) is 14. The predicted molar refractivity (Wildman–Crippen MR) is 220 cm³/mol. The van der Waals surface area contributed by atoms with Gasteiger partial charge in [0.05, 0.1) is 80.1 Å². The first-order chi connectivity index (χ1) is 27.1. The normalized spacial score (nSPS) is 15.2. The second-order valence-corrected chi connectivity index (χ2v) is 15.3. The van der Waals surface area contributed by atoms with Crippen LogP contribution in [0.25, 0.3) is 0 Å². The Labute approximate surface area is 341 Å². The fraction of sp³-hybridized carbons (Fsp3) is 0.297. The number of rotatable bonds is 13. The van der Waals surface area contributed by atoms with Crippen LogP contribution in [0.4, 0.5) is 40.6 Å². The van der Waals surface area contributed by atoms with E-state index in [-0.39, 0.29) is 25.3 Å². The molecule has 2 aliphatic rings. The summed E-state index contributed by atoms with van der Waals surface area (Å²) in [4.78, 5) is 19.6. The number of aromatic nitrogens is 8. The van der Waals surface area contributed by atoms with Crippen LogP contribution in [-0.2, 0) is 18.8 Å². The highest BCUT2D eigenvalue weighted by molar-refractivity contribution is 9.10. The van der Waals surface area contributed by atoms with Crippen LogP contribution < -0.4 is 26.2 Å². The quantitative estimate of drug-likeness (QED) is 0.0781. The molecule has 2 aromatic carbocycles. The Balaban J connectivity index is 0.000000176. The van der Waals surface area contributed by atoms with E-state index in [1.165, 1.54) is 12.4 Å². The van der Waals surface area contributed by atoms with Gasteiger partial charge in [0.25, 0.3) is 0 Å². The highest BCUT2D eigenvalue weighted by Gasteiger charge is 2.49. The predicted octanol–water partition coefficient (Wildman–Crippen LogP) is 6.10. The topological polar surface area (TPSA) is 188 Å². The molecule has 2 atom stereocenters. The SMILES string of the molecule is Cn1cc(Nc2ncc(Cl)c(NC(CO)c3cccc(Br)c3)n2)cn1.Cn1cc(Nc2ncc(Cl)c(NC(CO)c3cccc(N4CC5(COC5)C4)c3)n2)cn1. The first-order valence-electron chi connectivity index (χ1n) is 17.6. The summed E-state index contributed by atoms with van der Waals surface area (Å²) in [5, 5.41) is 41.3. The largest absolute Gasteiger partial charge is 0.394 e. The van der Waals surface area contributed by atoms with Crippen molar-refractivity contribution in [2.75, 3.05) is 65.7 Å². The fourth-order valence-corrected chi connectivity index (χ4v) is 6.97. The van der Waals surface area contributed by atoms with Crippen LogP contribution in [0, 0.1) is 5.41 Å². The molecule has 6 aromatic rings. The number of nitrogens with one attached hydrogen (secondary N) is 4. The lowest BCUT2D eigenvalue weighted by Gasteiger charge is -2.56. The van der Waals surface area contributed by atoms with Gasteiger partial charge in [0.2, 0.25) is 11.9 Å². The van der Waals surface area contributed by atoms with Gasteiger partial charge in [0.1, 0.15) is 10.0 Å². The molecule has 0 aliphatic carbocycles. The number of nitrogens with zero attached hydrogens (tertiary/aromatic N) is 9. The minimum absolute atomic E-state index is 0.104. The number of halogens is 3. The Morgan fingerprint density at radius 2 is 1.29 bits per heavy atom. The van der Waals surface area contributed by atoms with Gasteiger partial charge in [0.15, 0.2) is 11.6 Å². The zero-order valence-electron chi connectivity index (χ0n) is 30.4. The van der Waals surface area contributed by atoms with Crippen molar-refractivity contribution in [2.24, 2.45) is 19.5 Å². The molecule has 56 heavy (non-hydrogen) atoms. The number of aliphatic hydroxyl groups excluding tert-OH is 2. The van der Waals surface area contributed by atoms with Crippen molar-refractivity contribution in [3.8, 4) is 0 Å². The Kier molecular flexibility index (Phi) is 12.2. The zero-order chi connectivity index (χ0) is 39.2. The minimum atomic E-state index is -0.360. The van der Waals surface area contributed by atoms with E-state index in [9.17, 15) is 10.2 Å². The van der Waals surface area contributed by atoms with Gasteiger partial charge in [-0.3, -0.25) is 9.36 Å². The van der Waals surface area contributed by atoms with Crippen molar-refractivity contribution in [1.82, 2.24) is 39.5 Å². The summed E-state index contributed by atoms with van der Waals surface area (Å²) in [5.41, 5.74) is 4.89. The molecule has 6 heterocycles. The maximum Gasteiger partial charge on any atom is 0.229 e. The summed E-state index contributed by atoms with van der Waals surface area (Å²) in [7, 11) is 3.66. The van der Waals surface area contributed by atoms with Gasteiger partial charge < -0.3 is 41.1 Å². The third-order valence-corrected chi connectivity index (χ3v) is 10.2. The standard InChI is InChI=1S/C21H24ClN7O2.C16H16BrClN6O/c1-28-8-15(6-24-28)25-20-23-7-17(22)19(27-20)26-18(9-30)14-3-2-4-16(5-14)29-10-21(11-29)12-31-13-21;1-24-8-12(6-20-24)21-16-19-7-13(18)15(23-16)22-14(9-25)10-3-2-4-11(17)5-10/h2-8,18,30H,9-13H2,1H3,(H2,23,25,26,27);2-8,14,25H,9H2,1H3,(H2,19,21,22,23). The first kappa shape index (κ1) is 39.2. The molecule has 0 amide bonds. The summed E-state index contributed by atoms with van der Waals surface area (Å²) in [6.07, 6.45) is 10.0. The summed E-state index contributed by atoms with van der Waals surface area (Å²) in [5.74, 6) is 1.65. The van der Waals surface area contributed by atoms with E-state index >= 15 is 0 Å². The van der Waals surface area contributed by atoms with Gasteiger partial charge in [-0.25, -0.2) is 9.97 Å². The van der Waals surface area contributed by atoms with Crippen molar-refractivity contribution < 1.29 is 14.9 Å². The zero-order valence-corrected chi connectivity index (χ0v) is 33.5. The number of hydrogen-bond donors (Lipinski definition) is 6. The van der Waals surface area contributed by atoms with E-state index in [1.54, 1.807) is 21.8 Å². The lowest BCUT2D eigenvalue weighted by atomic mass is 9.77. The molecule has 2 saturated heterocycles. The molecule has 1 spiro atoms. The lowest BCUT2D eigenvalue weighted by Crippen LogP contribution is -2.66. The molecule has 0 saturated carbocycles. The third-order valence-electron chi connectivity index (χ3n) is 9.16. The highest BCUT2D eigenvalue weighted by Crippen LogP contribution is 2.41. The fourth-order valence-electron chi connectivity index (χ4n) is 6.27. The van der Waals surface area contributed by atoms with Gasteiger partial charge in [-0.2, -0.15) is 20.2 Å². The smallest absolute Gasteiger partial charge is 0.229 e. The molecular weight excluding hydrogens is 825 g/mol. The van der Waals surface area contributed by atoms with Crippen molar-refractivity contribution in [3.63, 3.8) is 0 Å². The van der Waals surface area contributed by atoms with Crippen LogP contribution in [0.1, 0.15) is 23.2 Å². The van der Waals surface area contributed by atoms with Crippen molar-refractivity contribution in [1.29, 1.82) is 0 Å². The Bertz CT molecular complexity index is 2260. The first-order valence-corrected chi connectivity index (χ1v) is 19.1. The Morgan fingerprint density at radius 3 is 1.73 bits per heavy atom. The van der Waals surface area contributed by atoms with E-state index < -0.39 is 0 Å². The molecular formula is C37H40BrCl2N13O3. The number of aliphatic hydroxyl groups is 2. The molecule has 19 heteroatoms. The van der Waals surface area contributed by atoms with E-state index in [4.69, 9.17) is 27.9 Å². The summed E-state index contributed by atoms with van der Waals surface area (Å²) < 4.78 is 9.65. The molecule has 292 valence electrons. The maximum absolute atomic E-state index is 10.1. The van der Waals surface area contributed by atoms with E-state index in [1.807, 2.05) is 62.9 Å². The molecule has 2 aliphatic heterocycles. The van der Waals surface area contributed by atoms with Gasteiger partial charge in [-0.15, -0.1) is 0 Å². The molecule has 2 fully saturated rings. The van der Waals surface area contributed by atoms with Crippen LogP contribution in [-0.4, -0.2) is 89.2 Å². The van der Waals surface area contributed by atoms with Crippen LogP contribution >= 0.6 is 39.1 Å². The van der Waals surface area contributed by atoms with Crippen LogP contribution in [0.3, 0.4) is 0 Å². The second-order valence-electron chi connectivity index (χ2n) is 13.6. The van der Waals surface area contributed by atoms with E-state index in [0.717, 1.165) is 59.0 Å². The van der Waals surface area contributed by atoms with Crippen LogP contribution in [0.2, 0.25) is 10.0 Å². The molecule has 0 bridgehead atoms. The minimum Gasteiger partial charge on any atom is -0.394 e. The lowest BCUT2D eigenvalue weighted by molar-refractivity contribution is -0.127. The van der Waals surface area contributed by atoms with Crippen LogP contribution in [0.15, 0.2) is 90.2 Å². The van der Waals surface area contributed by atoms with Crippen LogP contribution in [0.5, 0.6) is 0 Å². The van der Waals surface area contributed by atoms with Gasteiger partial charge in [-0.1, -0.05) is 63.4 Å². The summed E-state index contributed by atoms with van der Waals surface area (Å²) in [6, 6.07) is 15.2. The second kappa shape index (κ2) is 17.4. The van der Waals surface area contributed by atoms with Crippen molar-refractivity contribution >= 4 is 79.7 Å². The maximum atomic E-state index is 10.1. The van der Waals surface area contributed by atoms with Crippen molar-refractivity contribution in [3.05, 3.63) is 111 Å². The van der Waals surface area contributed by atoms with Gasteiger partial charge >= 0.3 is 0 Å². The average molecular weight is 866 g/mol. The average Bonchev–Trinajstić information content (AvgIpc) is 3.77. The van der Waals surface area contributed by atoms with Gasteiger partial charge in [0, 0.05) is 49.7 Å². The number of aryl methyl sites for hydroxylation is 2. The molecule has 6 N–H and O–H groups in total. The molecule has 4 aromatic heterocycles. The molecule has 0 radical (unpaired) electrons. The molecule has 16 nitrogen and oxygen atoms in total. The number of ether oxygens (including phenoxy) is 1. The Morgan fingerprint density at radius 1 is 0.768 bits per heavy atom. The highest BCUT2D eigenvalue weighted by atomic mass is 79.9. The Hall–Kier alpha value is -5.04.